The van der Waals surface area contributed by atoms with Gasteiger partial charge in [-0.05, 0) is 66.2 Å². The number of methoxy groups -OCH3 is 1. The van der Waals surface area contributed by atoms with E-state index in [2.05, 4.69) is 5.32 Å². The molecule has 1 N–H and O–H groups in total. The fourth-order valence-electron chi connectivity index (χ4n) is 3.68. The molecule has 0 saturated carbocycles. The summed E-state index contributed by atoms with van der Waals surface area (Å²) in [6.07, 6.45) is 2.52. The van der Waals surface area contributed by atoms with Gasteiger partial charge in [-0.25, -0.2) is 4.39 Å². The second-order valence-electron chi connectivity index (χ2n) is 7.55. The van der Waals surface area contributed by atoms with Gasteiger partial charge in [-0.1, -0.05) is 42.8 Å². The predicted molar refractivity (Wildman–Crippen MR) is 136 cm³/mol. The van der Waals surface area contributed by atoms with E-state index < -0.39 is 5.82 Å². The number of halogens is 2. The molecule has 0 aliphatic carbocycles. The van der Waals surface area contributed by atoms with Gasteiger partial charge in [-0.15, -0.1) is 0 Å². The first-order valence-corrected chi connectivity index (χ1v) is 11.4. The van der Waals surface area contributed by atoms with E-state index in [0.29, 0.717) is 22.3 Å². The van der Waals surface area contributed by atoms with E-state index in [1.165, 1.54) is 23.1 Å². The summed E-state index contributed by atoms with van der Waals surface area (Å²) in [5.41, 5.74) is 3.70. The van der Waals surface area contributed by atoms with Crippen LogP contribution in [0.3, 0.4) is 0 Å². The Morgan fingerprint density at radius 3 is 2.65 bits per heavy atom. The molecule has 1 fully saturated rings. The van der Waals surface area contributed by atoms with Crippen molar-refractivity contribution in [2.45, 2.75) is 20.0 Å². The Hall–Kier alpha value is -3.42. The number of rotatable bonds is 7. The molecule has 0 bridgehead atoms. The Morgan fingerprint density at radius 2 is 1.91 bits per heavy atom. The van der Waals surface area contributed by atoms with Crippen molar-refractivity contribution in [3.8, 4) is 11.5 Å². The molecule has 1 aliphatic heterocycles. The van der Waals surface area contributed by atoms with Crippen LogP contribution in [0.25, 0.3) is 6.08 Å². The van der Waals surface area contributed by atoms with Crippen molar-refractivity contribution >= 4 is 46.6 Å². The summed E-state index contributed by atoms with van der Waals surface area (Å²) in [7, 11) is 1.56. The number of anilines is 1. The van der Waals surface area contributed by atoms with Crippen LogP contribution < -0.4 is 19.7 Å². The zero-order valence-corrected chi connectivity index (χ0v) is 20.2. The fraction of sp³-hybridized carbons (Fsp3) is 0.154. The first-order chi connectivity index (χ1) is 16.4. The van der Waals surface area contributed by atoms with Crippen molar-refractivity contribution in [2.24, 2.45) is 0 Å². The third kappa shape index (κ3) is 4.90. The number of amides is 1. The minimum absolute atomic E-state index is 0.0149. The average Bonchev–Trinajstić information content (AvgIpc) is 3.12. The highest BCUT2D eigenvalue weighted by atomic mass is 35.5. The Morgan fingerprint density at radius 1 is 1.12 bits per heavy atom. The lowest BCUT2D eigenvalue weighted by molar-refractivity contribution is -0.113. The van der Waals surface area contributed by atoms with Crippen LogP contribution in [0, 0.1) is 5.82 Å². The second kappa shape index (κ2) is 10.2. The van der Waals surface area contributed by atoms with Crippen LogP contribution in [0.2, 0.25) is 5.02 Å². The van der Waals surface area contributed by atoms with Crippen LogP contribution in [-0.4, -0.2) is 18.1 Å². The molecule has 1 heterocycles. The zero-order valence-electron chi connectivity index (χ0n) is 18.6. The van der Waals surface area contributed by atoms with Crippen molar-refractivity contribution in [1.82, 2.24) is 5.32 Å². The maximum Gasteiger partial charge on any atom is 0.281 e. The molecule has 0 unspecified atom stereocenters. The monoisotopic (exact) mass is 496 g/mol. The third-order valence-electron chi connectivity index (χ3n) is 5.39. The van der Waals surface area contributed by atoms with E-state index in [1.807, 2.05) is 43.3 Å². The quantitative estimate of drug-likeness (QED) is 0.326. The first kappa shape index (κ1) is 23.7. The molecule has 1 aliphatic rings. The van der Waals surface area contributed by atoms with Crippen molar-refractivity contribution in [1.29, 1.82) is 0 Å². The van der Waals surface area contributed by atoms with Crippen LogP contribution in [0.15, 0.2) is 66.4 Å². The normalized spacial score (nSPS) is 14.5. The minimum Gasteiger partial charge on any atom is -0.496 e. The van der Waals surface area contributed by atoms with Crippen molar-refractivity contribution in [3.63, 3.8) is 0 Å². The minimum atomic E-state index is -0.512. The number of ether oxygens (including phenoxy) is 2. The van der Waals surface area contributed by atoms with Crippen molar-refractivity contribution in [2.75, 3.05) is 12.0 Å². The SMILES string of the molecule is CCc1ccccc1N1C(=O)/C(=C\c2ccc(OC)c(COc3ccc(F)c(Cl)c3)c2)NC1=S. The third-order valence-corrected chi connectivity index (χ3v) is 5.97. The van der Waals surface area contributed by atoms with Gasteiger partial charge in [0.2, 0.25) is 0 Å². The van der Waals surface area contributed by atoms with Crippen LogP contribution >= 0.6 is 23.8 Å². The van der Waals surface area contributed by atoms with E-state index in [9.17, 15) is 9.18 Å². The number of hydrogen-bond acceptors (Lipinski definition) is 4. The molecule has 1 amide bonds. The molecule has 0 spiro atoms. The number of carbonyl (C=O) groups is 1. The van der Waals surface area contributed by atoms with Gasteiger partial charge in [0.1, 0.15) is 29.6 Å². The topological polar surface area (TPSA) is 50.8 Å². The van der Waals surface area contributed by atoms with Crippen molar-refractivity contribution in [3.05, 3.63) is 93.9 Å². The highest BCUT2D eigenvalue weighted by Gasteiger charge is 2.33. The number of aryl methyl sites for hydroxylation is 1. The largest absolute Gasteiger partial charge is 0.496 e. The van der Waals surface area contributed by atoms with Gasteiger partial charge in [0.15, 0.2) is 5.11 Å². The summed E-state index contributed by atoms with van der Waals surface area (Å²) in [4.78, 5) is 14.7. The van der Waals surface area contributed by atoms with Crippen LogP contribution in [0.1, 0.15) is 23.6 Å². The Balaban J connectivity index is 1.58. The number of para-hydroxylation sites is 1. The lowest BCUT2D eigenvalue weighted by atomic mass is 10.1. The molecule has 5 nitrogen and oxygen atoms in total. The lowest BCUT2D eigenvalue weighted by Crippen LogP contribution is -2.31. The van der Waals surface area contributed by atoms with Gasteiger partial charge in [0.25, 0.3) is 5.91 Å². The second-order valence-corrected chi connectivity index (χ2v) is 8.34. The summed E-state index contributed by atoms with van der Waals surface area (Å²) < 4.78 is 24.6. The Kier molecular flexibility index (Phi) is 7.14. The highest BCUT2D eigenvalue weighted by molar-refractivity contribution is 7.80. The number of carbonyl (C=O) groups excluding carboxylic acids is 1. The van der Waals surface area contributed by atoms with E-state index in [0.717, 1.165) is 28.8 Å². The molecule has 0 atom stereocenters. The maximum absolute atomic E-state index is 13.4. The maximum atomic E-state index is 13.4. The number of nitrogens with zero attached hydrogens (tertiary/aromatic N) is 1. The molecular weight excluding hydrogens is 475 g/mol. The molecule has 0 aromatic heterocycles. The smallest absolute Gasteiger partial charge is 0.281 e. The van der Waals surface area contributed by atoms with Gasteiger partial charge in [-0.2, -0.15) is 0 Å². The number of benzene rings is 3. The summed E-state index contributed by atoms with van der Waals surface area (Å²) in [5, 5.41) is 3.35. The molecule has 3 aromatic rings. The molecule has 34 heavy (non-hydrogen) atoms. The molecule has 0 radical (unpaired) electrons. The molecule has 1 saturated heterocycles. The van der Waals surface area contributed by atoms with Gasteiger partial charge in [-0.3, -0.25) is 9.69 Å². The molecule has 3 aromatic carbocycles. The van der Waals surface area contributed by atoms with E-state index in [4.69, 9.17) is 33.3 Å². The number of thiocarbonyl (C=S) groups is 1. The lowest BCUT2D eigenvalue weighted by Gasteiger charge is -2.17. The van der Waals surface area contributed by atoms with E-state index in [-0.39, 0.29) is 17.5 Å². The molecule has 4 rings (SSSR count). The van der Waals surface area contributed by atoms with Crippen LogP contribution in [-0.2, 0) is 17.8 Å². The highest BCUT2D eigenvalue weighted by Crippen LogP contribution is 2.28. The Labute approximate surface area is 207 Å². The summed E-state index contributed by atoms with van der Waals surface area (Å²) in [6.45, 7) is 2.20. The van der Waals surface area contributed by atoms with Gasteiger partial charge in [0, 0.05) is 11.6 Å². The summed E-state index contributed by atoms with van der Waals surface area (Å²) in [6, 6.07) is 17.4. The van der Waals surface area contributed by atoms with Crippen LogP contribution in [0.5, 0.6) is 11.5 Å². The summed E-state index contributed by atoms with van der Waals surface area (Å²) >= 11 is 11.3. The molecular formula is C26H22ClFN2O3S. The summed E-state index contributed by atoms with van der Waals surface area (Å²) in [5.74, 6) is 0.318. The average molecular weight is 497 g/mol. The van der Waals surface area contributed by atoms with Crippen LogP contribution in [0.4, 0.5) is 10.1 Å². The van der Waals surface area contributed by atoms with E-state index in [1.54, 1.807) is 19.3 Å². The zero-order chi connectivity index (χ0) is 24.2. The van der Waals surface area contributed by atoms with E-state index >= 15 is 0 Å². The number of hydrogen-bond donors (Lipinski definition) is 1. The Bertz CT molecular complexity index is 1290. The molecule has 174 valence electrons. The standard InChI is InChI=1S/C26H22ClFN2O3S/c1-3-17-6-4-5-7-23(17)30-25(31)22(29-26(30)34)13-16-8-11-24(32-2)18(12-16)15-33-19-9-10-21(28)20(27)14-19/h4-14H,3,15H2,1-2H3,(H,29,34)/b22-13+. The predicted octanol–water partition coefficient (Wildman–Crippen LogP) is 5.89. The fourth-order valence-corrected chi connectivity index (χ4v) is 4.14. The number of nitrogens with one attached hydrogen (secondary N) is 1. The van der Waals surface area contributed by atoms with Crippen molar-refractivity contribution < 1.29 is 18.7 Å². The van der Waals surface area contributed by atoms with Gasteiger partial charge >= 0.3 is 0 Å². The molecule has 8 heteroatoms. The van der Waals surface area contributed by atoms with Gasteiger partial charge in [0.05, 0.1) is 17.8 Å². The van der Waals surface area contributed by atoms with Gasteiger partial charge < -0.3 is 14.8 Å². The first-order valence-electron chi connectivity index (χ1n) is 10.6.